The van der Waals surface area contributed by atoms with E-state index < -0.39 is 11.7 Å². The molecule has 2 aliphatic carbocycles. The summed E-state index contributed by atoms with van der Waals surface area (Å²) in [6.45, 7) is 1.91. The second-order valence-corrected chi connectivity index (χ2v) is 6.61. The van der Waals surface area contributed by atoms with Crippen molar-refractivity contribution in [2.45, 2.75) is 51.6 Å². The van der Waals surface area contributed by atoms with Crippen LogP contribution in [-0.2, 0) is 12.6 Å². The molecule has 0 aromatic heterocycles. The van der Waals surface area contributed by atoms with Gasteiger partial charge in [0.05, 0.1) is 5.56 Å². The predicted octanol–water partition coefficient (Wildman–Crippen LogP) is 5.38. The summed E-state index contributed by atoms with van der Waals surface area (Å²) >= 11 is 0. The van der Waals surface area contributed by atoms with Crippen LogP contribution in [0, 0.1) is 24.7 Å². The molecule has 3 rings (SSSR count). The van der Waals surface area contributed by atoms with E-state index in [4.69, 9.17) is 0 Å². The van der Waals surface area contributed by atoms with E-state index >= 15 is 0 Å². The molecule has 0 N–H and O–H groups in total. The van der Waals surface area contributed by atoms with Crippen LogP contribution in [0.1, 0.15) is 48.8 Å². The van der Waals surface area contributed by atoms with E-state index in [0.717, 1.165) is 41.7 Å². The zero-order chi connectivity index (χ0) is 14.3. The smallest absolute Gasteiger partial charge is 0.166 e. The van der Waals surface area contributed by atoms with Gasteiger partial charge in [-0.2, -0.15) is 13.2 Å². The predicted molar refractivity (Wildman–Crippen MR) is 73.4 cm³/mol. The average molecular weight is 282 g/mol. The maximum atomic E-state index is 12.8. The summed E-state index contributed by atoms with van der Waals surface area (Å²) in [5.74, 6) is 2.52. The first-order chi connectivity index (χ1) is 9.43. The first-order valence-electron chi connectivity index (χ1n) is 7.60. The van der Waals surface area contributed by atoms with Crippen molar-refractivity contribution in [3.63, 3.8) is 0 Å². The average Bonchev–Trinajstić information content (AvgIpc) is 2.98. The molecule has 0 aliphatic heterocycles. The summed E-state index contributed by atoms with van der Waals surface area (Å²) in [4.78, 5) is 0. The minimum Gasteiger partial charge on any atom is -0.166 e. The van der Waals surface area contributed by atoms with Crippen LogP contribution >= 0.6 is 0 Å². The van der Waals surface area contributed by atoms with Crippen molar-refractivity contribution < 1.29 is 13.2 Å². The highest BCUT2D eigenvalue weighted by molar-refractivity contribution is 5.32. The van der Waals surface area contributed by atoms with Gasteiger partial charge in [0.2, 0.25) is 0 Å². The van der Waals surface area contributed by atoms with Crippen LogP contribution in [0.4, 0.5) is 13.2 Å². The van der Waals surface area contributed by atoms with Crippen LogP contribution < -0.4 is 0 Å². The van der Waals surface area contributed by atoms with Gasteiger partial charge in [-0.25, -0.2) is 0 Å². The van der Waals surface area contributed by atoms with Crippen LogP contribution in [0.25, 0.3) is 0 Å². The zero-order valence-electron chi connectivity index (χ0n) is 11.8. The van der Waals surface area contributed by atoms with E-state index in [2.05, 4.69) is 0 Å². The Morgan fingerprint density at radius 1 is 1.15 bits per heavy atom. The van der Waals surface area contributed by atoms with Crippen molar-refractivity contribution in [2.24, 2.45) is 17.8 Å². The van der Waals surface area contributed by atoms with Gasteiger partial charge in [0, 0.05) is 0 Å². The van der Waals surface area contributed by atoms with Crippen LogP contribution in [0.3, 0.4) is 0 Å². The molecular weight excluding hydrogens is 261 g/mol. The number of halogens is 3. The lowest BCUT2D eigenvalue weighted by atomic mass is 9.84. The minimum absolute atomic E-state index is 0.508. The molecule has 0 heterocycles. The third-order valence-corrected chi connectivity index (χ3v) is 5.35. The summed E-state index contributed by atoms with van der Waals surface area (Å²) < 4.78 is 38.3. The fourth-order valence-electron chi connectivity index (χ4n) is 4.19. The summed E-state index contributed by atoms with van der Waals surface area (Å²) in [5.41, 5.74) is 1.36. The second-order valence-electron chi connectivity index (χ2n) is 6.61. The molecule has 0 spiro atoms. The van der Waals surface area contributed by atoms with E-state index in [1.165, 1.54) is 37.8 Å². The molecule has 0 saturated heterocycles. The van der Waals surface area contributed by atoms with Crippen molar-refractivity contribution >= 4 is 0 Å². The van der Waals surface area contributed by atoms with E-state index in [1.54, 1.807) is 6.07 Å². The Bertz CT molecular complexity index is 489. The molecule has 0 nitrogen and oxygen atoms in total. The second kappa shape index (κ2) is 5.09. The van der Waals surface area contributed by atoms with Crippen LogP contribution in [0.2, 0.25) is 0 Å². The third-order valence-electron chi connectivity index (χ3n) is 5.35. The molecule has 0 radical (unpaired) electrons. The molecular formula is C17H21F3. The van der Waals surface area contributed by atoms with Crippen molar-refractivity contribution in [1.82, 2.24) is 0 Å². The van der Waals surface area contributed by atoms with E-state index in [1.807, 2.05) is 6.92 Å². The van der Waals surface area contributed by atoms with Crippen molar-refractivity contribution in [2.75, 3.05) is 0 Å². The molecule has 1 aromatic carbocycles. The maximum Gasteiger partial charge on any atom is 0.416 e. The van der Waals surface area contributed by atoms with Gasteiger partial charge in [0.1, 0.15) is 0 Å². The third kappa shape index (κ3) is 2.72. The highest BCUT2D eigenvalue weighted by Gasteiger charge is 2.39. The van der Waals surface area contributed by atoms with Gasteiger partial charge in [-0.15, -0.1) is 0 Å². The number of hydrogen-bond acceptors (Lipinski definition) is 0. The minimum atomic E-state index is -4.23. The topological polar surface area (TPSA) is 0 Å². The number of benzene rings is 1. The van der Waals surface area contributed by atoms with Crippen molar-refractivity contribution in [3.05, 3.63) is 34.9 Å². The standard InChI is InChI=1S/C17H21F3/c1-11-2-7-16(17(18,19)20)10-13(11)5-6-15-9-12-3-4-14(15)8-12/h2,7,10,12,14-15H,3-6,8-9H2,1H3. The number of hydrogen-bond donors (Lipinski definition) is 0. The summed E-state index contributed by atoms with van der Waals surface area (Å²) in [5, 5.41) is 0. The number of aryl methyl sites for hydroxylation is 2. The SMILES string of the molecule is Cc1ccc(C(F)(F)F)cc1CCC1CC2CCC1C2. The Morgan fingerprint density at radius 3 is 2.55 bits per heavy atom. The fourth-order valence-corrected chi connectivity index (χ4v) is 4.19. The monoisotopic (exact) mass is 282 g/mol. The normalized spacial score (nSPS) is 29.1. The number of alkyl halides is 3. The molecule has 1 aromatic rings. The Balaban J connectivity index is 1.68. The molecule has 2 fully saturated rings. The molecule has 20 heavy (non-hydrogen) atoms. The largest absolute Gasteiger partial charge is 0.416 e. The highest BCUT2D eigenvalue weighted by atomic mass is 19.4. The van der Waals surface area contributed by atoms with Gasteiger partial charge in [-0.1, -0.05) is 12.5 Å². The Hall–Kier alpha value is -0.990. The molecule has 110 valence electrons. The highest BCUT2D eigenvalue weighted by Crippen LogP contribution is 2.49. The van der Waals surface area contributed by atoms with E-state index in [0.29, 0.717) is 0 Å². The molecule has 2 aliphatic rings. The number of fused-ring (bicyclic) bond motifs is 2. The maximum absolute atomic E-state index is 12.8. The summed E-state index contributed by atoms with van der Waals surface area (Å²) in [6.07, 6.45) is 3.03. The van der Waals surface area contributed by atoms with E-state index in [-0.39, 0.29) is 0 Å². The lowest BCUT2D eigenvalue weighted by Gasteiger charge is -2.22. The Morgan fingerprint density at radius 2 is 1.95 bits per heavy atom. The van der Waals surface area contributed by atoms with Gasteiger partial charge in [0.15, 0.2) is 0 Å². The van der Waals surface area contributed by atoms with Gasteiger partial charge in [-0.3, -0.25) is 0 Å². The zero-order valence-corrected chi connectivity index (χ0v) is 11.8. The molecule has 2 bridgehead atoms. The molecule has 3 heteroatoms. The molecule has 0 amide bonds. The van der Waals surface area contributed by atoms with Crippen molar-refractivity contribution in [1.29, 1.82) is 0 Å². The van der Waals surface area contributed by atoms with Crippen LogP contribution in [-0.4, -0.2) is 0 Å². The fraction of sp³-hybridized carbons (Fsp3) is 0.647. The Kier molecular flexibility index (Phi) is 3.55. The van der Waals surface area contributed by atoms with Crippen molar-refractivity contribution in [3.8, 4) is 0 Å². The molecule has 2 saturated carbocycles. The summed E-state index contributed by atoms with van der Waals surface area (Å²) in [7, 11) is 0. The quantitative estimate of drug-likeness (QED) is 0.698. The number of rotatable bonds is 3. The molecule has 3 atom stereocenters. The van der Waals surface area contributed by atoms with Crippen LogP contribution in [0.15, 0.2) is 18.2 Å². The first-order valence-corrected chi connectivity index (χ1v) is 7.60. The van der Waals surface area contributed by atoms with Gasteiger partial charge in [0.25, 0.3) is 0 Å². The van der Waals surface area contributed by atoms with E-state index in [9.17, 15) is 13.2 Å². The lowest BCUT2D eigenvalue weighted by Crippen LogP contribution is -2.12. The van der Waals surface area contributed by atoms with Gasteiger partial charge in [-0.05, 0) is 80.0 Å². The summed E-state index contributed by atoms with van der Waals surface area (Å²) in [6, 6.07) is 4.15. The first kappa shape index (κ1) is 14.0. The lowest BCUT2D eigenvalue weighted by molar-refractivity contribution is -0.137. The Labute approximate surface area is 118 Å². The van der Waals surface area contributed by atoms with Gasteiger partial charge >= 0.3 is 6.18 Å². The molecule has 3 unspecified atom stereocenters. The van der Waals surface area contributed by atoms with Crippen LogP contribution in [0.5, 0.6) is 0 Å². The van der Waals surface area contributed by atoms with Gasteiger partial charge < -0.3 is 0 Å².